The first kappa shape index (κ1) is 21.2. The van der Waals surface area contributed by atoms with E-state index in [0.717, 1.165) is 14.9 Å². The van der Waals surface area contributed by atoms with Gasteiger partial charge < -0.3 is 4.90 Å². The molecule has 1 fully saturated rings. The van der Waals surface area contributed by atoms with Crippen LogP contribution in [-0.2, 0) is 14.8 Å². The molecule has 0 unspecified atom stereocenters. The maximum Gasteiger partial charge on any atom is 0.244 e. The van der Waals surface area contributed by atoms with Crippen LogP contribution in [-0.4, -0.2) is 58.7 Å². The fraction of sp³-hybridized carbons (Fsp3) is 0.500. The Hall–Kier alpha value is -1.49. The minimum absolute atomic E-state index is 0.0274. The van der Waals surface area contributed by atoms with Crippen LogP contribution in [0.3, 0.4) is 0 Å². The summed E-state index contributed by atoms with van der Waals surface area (Å²) in [5, 5.41) is 8.83. The second-order valence-electron chi connectivity index (χ2n) is 7.05. The Morgan fingerprint density at radius 1 is 1.21 bits per heavy atom. The molecule has 7 nitrogen and oxygen atoms in total. The van der Waals surface area contributed by atoms with E-state index in [0.29, 0.717) is 13.1 Å². The molecule has 10 heteroatoms. The van der Waals surface area contributed by atoms with Crippen LogP contribution in [0.25, 0.3) is 0 Å². The van der Waals surface area contributed by atoms with E-state index >= 15 is 0 Å². The Kier molecular flexibility index (Phi) is 6.43. The van der Waals surface area contributed by atoms with Crippen molar-refractivity contribution in [2.75, 3.05) is 18.8 Å². The Morgan fingerprint density at radius 2 is 1.89 bits per heavy atom. The van der Waals surface area contributed by atoms with Gasteiger partial charge in [0, 0.05) is 13.1 Å². The molecule has 152 valence electrons. The first-order chi connectivity index (χ1) is 13.2. The summed E-state index contributed by atoms with van der Waals surface area (Å²) in [6.07, 6.45) is -0.490. The van der Waals surface area contributed by atoms with E-state index in [1.165, 1.54) is 27.4 Å². The smallest absolute Gasteiger partial charge is 0.244 e. The van der Waals surface area contributed by atoms with Crippen LogP contribution in [0.5, 0.6) is 0 Å². The van der Waals surface area contributed by atoms with E-state index in [1.54, 1.807) is 29.2 Å². The normalized spacial score (nSPS) is 18.2. The maximum atomic E-state index is 13.2. The topological polar surface area (TPSA) is 83.5 Å². The molecule has 1 atom stereocenters. The van der Waals surface area contributed by atoms with Crippen LogP contribution in [0.2, 0.25) is 0 Å². The van der Waals surface area contributed by atoms with Gasteiger partial charge in [0.05, 0.1) is 10.6 Å². The number of carbonyl (C=O) groups excluding carboxylic acids is 1. The second-order valence-corrected chi connectivity index (χ2v) is 11.3. The molecule has 0 saturated carbocycles. The first-order valence-electron chi connectivity index (χ1n) is 9.01. The lowest BCUT2D eigenvalue weighted by molar-refractivity contribution is -0.130. The van der Waals surface area contributed by atoms with E-state index in [2.05, 4.69) is 10.2 Å². The van der Waals surface area contributed by atoms with Crippen molar-refractivity contribution in [2.45, 2.75) is 43.1 Å². The van der Waals surface area contributed by atoms with Crippen LogP contribution in [0.15, 0.2) is 33.5 Å². The lowest BCUT2D eigenvalue weighted by Gasteiger charge is -2.32. The fourth-order valence-corrected chi connectivity index (χ4v) is 6.66. The number of thioether (sulfide) groups is 1. The van der Waals surface area contributed by atoms with Gasteiger partial charge in [0.2, 0.25) is 15.9 Å². The molecule has 1 amide bonds. The van der Waals surface area contributed by atoms with Gasteiger partial charge in [-0.3, -0.25) is 4.79 Å². The number of aromatic nitrogens is 2. The average molecular weight is 441 g/mol. The molecular weight excluding hydrogens is 416 g/mol. The highest BCUT2D eigenvalue weighted by molar-refractivity contribution is 8.01. The van der Waals surface area contributed by atoms with E-state index in [9.17, 15) is 13.2 Å². The molecule has 0 bridgehead atoms. The number of hydrogen-bond donors (Lipinski definition) is 0. The van der Waals surface area contributed by atoms with Crippen molar-refractivity contribution < 1.29 is 13.2 Å². The standard InChI is InChI=1S/C18H24N4O3S3/c1-12(2)17-21(16(23)11-26-18-20-19-14(4)27-18)9-10-22(17)28(24,25)15-7-5-13(3)6-8-15/h5-8,12,17H,9-11H2,1-4H3/t17-/m1/s1. The van der Waals surface area contributed by atoms with Crippen LogP contribution in [0.1, 0.15) is 24.4 Å². The lowest BCUT2D eigenvalue weighted by Crippen LogP contribution is -2.48. The van der Waals surface area contributed by atoms with E-state index < -0.39 is 16.2 Å². The van der Waals surface area contributed by atoms with Gasteiger partial charge in [-0.2, -0.15) is 4.31 Å². The zero-order valence-electron chi connectivity index (χ0n) is 16.3. The third-order valence-electron chi connectivity index (χ3n) is 4.55. The number of nitrogens with zero attached hydrogens (tertiary/aromatic N) is 4. The quantitative estimate of drug-likeness (QED) is 0.642. The maximum absolute atomic E-state index is 13.2. The summed E-state index contributed by atoms with van der Waals surface area (Å²) in [7, 11) is -3.67. The van der Waals surface area contributed by atoms with Gasteiger partial charge in [-0.25, -0.2) is 8.42 Å². The highest BCUT2D eigenvalue weighted by Gasteiger charge is 2.43. The molecule has 0 N–H and O–H groups in total. The summed E-state index contributed by atoms with van der Waals surface area (Å²) >= 11 is 2.79. The number of aryl methyl sites for hydroxylation is 2. The minimum atomic E-state index is -3.67. The molecule has 28 heavy (non-hydrogen) atoms. The molecule has 1 aliphatic rings. The first-order valence-corrected chi connectivity index (χ1v) is 12.2. The molecule has 0 aliphatic carbocycles. The average Bonchev–Trinajstić information content (AvgIpc) is 3.26. The predicted octanol–water partition coefficient (Wildman–Crippen LogP) is 2.76. The molecule has 1 aromatic heterocycles. The molecule has 0 spiro atoms. The van der Waals surface area contributed by atoms with E-state index in [4.69, 9.17) is 0 Å². The summed E-state index contributed by atoms with van der Waals surface area (Å²) in [4.78, 5) is 14.8. The summed E-state index contributed by atoms with van der Waals surface area (Å²) in [6, 6.07) is 6.83. The third kappa shape index (κ3) is 4.40. The molecule has 1 aromatic carbocycles. The van der Waals surface area contributed by atoms with Gasteiger partial charge in [0.25, 0.3) is 0 Å². The highest BCUT2D eigenvalue weighted by atomic mass is 32.2. The Bertz CT molecular complexity index is 941. The van der Waals surface area contributed by atoms with Crippen LogP contribution in [0.4, 0.5) is 0 Å². The number of sulfonamides is 1. The number of hydrogen-bond acceptors (Lipinski definition) is 7. The van der Waals surface area contributed by atoms with Crippen LogP contribution < -0.4 is 0 Å². The van der Waals surface area contributed by atoms with Gasteiger partial charge >= 0.3 is 0 Å². The van der Waals surface area contributed by atoms with Crippen molar-refractivity contribution in [1.82, 2.24) is 19.4 Å². The Morgan fingerprint density at radius 3 is 2.46 bits per heavy atom. The van der Waals surface area contributed by atoms with Crippen molar-refractivity contribution in [3.63, 3.8) is 0 Å². The largest absolute Gasteiger partial charge is 0.324 e. The van der Waals surface area contributed by atoms with Crippen molar-refractivity contribution >= 4 is 39.0 Å². The summed E-state index contributed by atoms with van der Waals surface area (Å²) in [5.74, 6) is 0.106. The lowest BCUT2D eigenvalue weighted by atomic mass is 10.1. The third-order valence-corrected chi connectivity index (χ3v) is 8.39. The molecule has 2 heterocycles. The van der Waals surface area contributed by atoms with Gasteiger partial charge in [0.15, 0.2) is 4.34 Å². The second kappa shape index (κ2) is 8.48. The number of amides is 1. The van der Waals surface area contributed by atoms with Crippen molar-refractivity contribution in [1.29, 1.82) is 0 Å². The van der Waals surface area contributed by atoms with Crippen LogP contribution in [0, 0.1) is 19.8 Å². The number of carbonyl (C=O) groups is 1. The zero-order chi connectivity index (χ0) is 20.5. The number of benzene rings is 1. The molecule has 1 saturated heterocycles. The van der Waals surface area contributed by atoms with E-state index in [-0.39, 0.29) is 22.5 Å². The fourth-order valence-electron chi connectivity index (χ4n) is 3.24. The summed E-state index contributed by atoms with van der Waals surface area (Å²) in [6.45, 7) is 8.35. The molecule has 1 aliphatic heterocycles. The van der Waals surface area contributed by atoms with Crippen molar-refractivity contribution in [3.8, 4) is 0 Å². The Balaban J connectivity index is 1.77. The molecule has 3 rings (SSSR count). The van der Waals surface area contributed by atoms with Gasteiger partial charge in [-0.15, -0.1) is 10.2 Å². The summed E-state index contributed by atoms with van der Waals surface area (Å²) < 4.78 is 28.6. The molecule has 2 aromatic rings. The monoisotopic (exact) mass is 440 g/mol. The molecule has 0 radical (unpaired) electrons. The zero-order valence-corrected chi connectivity index (χ0v) is 18.8. The molecular formula is C18H24N4O3S3. The highest BCUT2D eigenvalue weighted by Crippen LogP contribution is 2.30. The minimum Gasteiger partial charge on any atom is -0.324 e. The predicted molar refractivity (Wildman–Crippen MR) is 111 cm³/mol. The van der Waals surface area contributed by atoms with E-state index in [1.807, 2.05) is 27.7 Å². The van der Waals surface area contributed by atoms with Gasteiger partial charge in [0.1, 0.15) is 11.2 Å². The number of rotatable bonds is 6. The van der Waals surface area contributed by atoms with Crippen molar-refractivity contribution in [2.24, 2.45) is 5.92 Å². The Labute approximate surface area is 174 Å². The van der Waals surface area contributed by atoms with Gasteiger partial charge in [-0.1, -0.05) is 54.6 Å². The summed E-state index contributed by atoms with van der Waals surface area (Å²) in [5.41, 5.74) is 1.00. The van der Waals surface area contributed by atoms with Gasteiger partial charge in [-0.05, 0) is 31.9 Å². The van der Waals surface area contributed by atoms with Crippen LogP contribution >= 0.6 is 23.1 Å². The van der Waals surface area contributed by atoms with Crippen molar-refractivity contribution in [3.05, 3.63) is 34.8 Å². The SMILES string of the molecule is Cc1ccc(S(=O)(=O)N2CCN(C(=O)CSc3nnc(C)s3)[C@H]2C(C)C)cc1.